The summed E-state index contributed by atoms with van der Waals surface area (Å²) in [5, 5.41) is 4.87. The van der Waals surface area contributed by atoms with Crippen molar-refractivity contribution in [1.82, 2.24) is 14.9 Å². The van der Waals surface area contributed by atoms with E-state index in [4.69, 9.17) is 16.3 Å². The van der Waals surface area contributed by atoms with Gasteiger partial charge in [0.15, 0.2) is 5.16 Å². The van der Waals surface area contributed by atoms with Gasteiger partial charge in [-0.3, -0.25) is 14.2 Å². The van der Waals surface area contributed by atoms with Gasteiger partial charge in [0.2, 0.25) is 5.91 Å². The Balaban J connectivity index is 1.30. The van der Waals surface area contributed by atoms with Crippen LogP contribution in [0.3, 0.4) is 0 Å². The van der Waals surface area contributed by atoms with Crippen LogP contribution >= 0.6 is 23.4 Å². The number of hydrogen-bond acceptors (Lipinski definition) is 5. The number of carbonyl (C=O) groups is 1. The van der Waals surface area contributed by atoms with Crippen molar-refractivity contribution in [2.45, 2.75) is 63.2 Å². The van der Waals surface area contributed by atoms with Gasteiger partial charge < -0.3 is 10.1 Å². The van der Waals surface area contributed by atoms with Crippen LogP contribution < -0.4 is 10.9 Å². The fourth-order valence-electron chi connectivity index (χ4n) is 6.94. The summed E-state index contributed by atoms with van der Waals surface area (Å²) in [5.74, 6) is 2.79. The van der Waals surface area contributed by atoms with Gasteiger partial charge in [0, 0.05) is 18.2 Å². The number of nitrogens with one attached hydrogen (secondary N) is 1. The van der Waals surface area contributed by atoms with E-state index in [1.807, 2.05) is 0 Å². The fraction of sp³-hybridized carbons (Fsp3) is 0.640. The molecule has 8 heteroatoms. The Bertz CT molecular complexity index is 1080. The maximum Gasteiger partial charge on any atom is 0.262 e. The molecule has 6 rings (SSSR count). The zero-order valence-corrected chi connectivity index (χ0v) is 20.9. The van der Waals surface area contributed by atoms with E-state index in [1.54, 1.807) is 29.9 Å². The van der Waals surface area contributed by atoms with Crippen LogP contribution in [0.15, 0.2) is 28.2 Å². The van der Waals surface area contributed by atoms with Crippen LogP contribution in [0.2, 0.25) is 5.02 Å². The van der Waals surface area contributed by atoms with Gasteiger partial charge in [0.05, 0.1) is 29.8 Å². The lowest BCUT2D eigenvalue weighted by atomic mass is 9.48. The standard InChI is InChI=1S/C25H32ClN3O3S/c1-15(25-11-16-7-17(12-25)9-18(8-16)13-25)27-22(30)14-33-24-28-21-10-19(26)3-4-20(21)23(31)29(24)5-6-32-2/h3-4,10,15-18H,5-9,11-14H2,1-2H3,(H,27,30)/t15-,16?,17?,18?,25?/m1/s1. The Morgan fingerprint density at radius 3 is 2.58 bits per heavy atom. The molecule has 1 heterocycles. The Morgan fingerprint density at radius 1 is 1.27 bits per heavy atom. The third-order valence-electron chi connectivity index (χ3n) is 8.12. The van der Waals surface area contributed by atoms with Crippen molar-refractivity contribution in [3.05, 3.63) is 33.6 Å². The van der Waals surface area contributed by atoms with Crippen LogP contribution in [0, 0.1) is 23.2 Å². The largest absolute Gasteiger partial charge is 0.383 e. The summed E-state index contributed by atoms with van der Waals surface area (Å²) in [6, 6.07) is 5.26. The number of rotatable bonds is 8. The minimum absolute atomic E-state index is 0.00183. The molecule has 33 heavy (non-hydrogen) atoms. The van der Waals surface area contributed by atoms with E-state index < -0.39 is 0 Å². The van der Waals surface area contributed by atoms with E-state index in [-0.39, 0.29) is 28.7 Å². The molecule has 6 nitrogen and oxygen atoms in total. The number of methoxy groups -OCH3 is 1. The Hall–Kier alpha value is -1.57. The summed E-state index contributed by atoms with van der Waals surface area (Å²) < 4.78 is 6.78. The summed E-state index contributed by atoms with van der Waals surface area (Å²) in [6.07, 6.45) is 7.97. The molecule has 1 aromatic carbocycles. The Kier molecular flexibility index (Phi) is 6.49. The third-order valence-corrected chi connectivity index (χ3v) is 9.33. The van der Waals surface area contributed by atoms with E-state index >= 15 is 0 Å². The second-order valence-electron chi connectivity index (χ2n) is 10.4. The van der Waals surface area contributed by atoms with Gasteiger partial charge in [0.25, 0.3) is 5.56 Å². The highest BCUT2D eigenvalue weighted by Gasteiger charge is 2.53. The van der Waals surface area contributed by atoms with Crippen molar-refractivity contribution in [1.29, 1.82) is 0 Å². The summed E-state index contributed by atoms with van der Waals surface area (Å²) >= 11 is 7.42. The molecule has 2 aromatic rings. The van der Waals surface area contributed by atoms with Gasteiger partial charge in [-0.25, -0.2) is 4.98 Å². The van der Waals surface area contributed by atoms with Crippen LogP contribution in [0.4, 0.5) is 0 Å². The molecule has 4 aliphatic rings. The zero-order chi connectivity index (χ0) is 23.2. The molecular weight excluding hydrogens is 458 g/mol. The smallest absolute Gasteiger partial charge is 0.262 e. The van der Waals surface area contributed by atoms with Crippen LogP contribution in [0.5, 0.6) is 0 Å². The second kappa shape index (κ2) is 9.23. The number of fused-ring (bicyclic) bond motifs is 1. The lowest BCUT2D eigenvalue weighted by molar-refractivity contribution is -0.123. The highest BCUT2D eigenvalue weighted by Crippen LogP contribution is 2.61. The van der Waals surface area contributed by atoms with Gasteiger partial charge >= 0.3 is 0 Å². The predicted molar refractivity (Wildman–Crippen MR) is 132 cm³/mol. The fourth-order valence-corrected chi connectivity index (χ4v) is 7.94. The molecule has 1 atom stereocenters. The minimum Gasteiger partial charge on any atom is -0.383 e. The molecule has 0 saturated heterocycles. The number of nitrogens with zero attached hydrogens (tertiary/aromatic N) is 2. The number of aromatic nitrogens is 2. The van der Waals surface area contributed by atoms with Crippen LogP contribution in [0.25, 0.3) is 10.9 Å². The van der Waals surface area contributed by atoms with Crippen molar-refractivity contribution in [2.75, 3.05) is 19.5 Å². The number of amides is 1. The predicted octanol–water partition coefficient (Wildman–Crippen LogP) is 4.51. The van der Waals surface area contributed by atoms with E-state index in [2.05, 4.69) is 17.2 Å². The number of benzene rings is 1. The summed E-state index contributed by atoms with van der Waals surface area (Å²) in [5.41, 5.74) is 0.678. The lowest BCUT2D eigenvalue weighted by Gasteiger charge is -2.59. The molecule has 1 aromatic heterocycles. The second-order valence-corrected chi connectivity index (χ2v) is 11.7. The SMILES string of the molecule is COCCn1c(SCC(=O)N[C@H](C)C23CC4CC(CC(C4)C2)C3)nc2cc(Cl)ccc2c1=O. The number of thioether (sulfide) groups is 1. The maximum atomic E-state index is 13.1. The lowest BCUT2D eigenvalue weighted by Crippen LogP contribution is -2.56. The quantitative estimate of drug-likeness (QED) is 0.436. The summed E-state index contributed by atoms with van der Waals surface area (Å²) in [7, 11) is 1.60. The van der Waals surface area contributed by atoms with E-state index in [0.717, 1.165) is 17.8 Å². The molecule has 0 aliphatic heterocycles. The Labute approximate surface area is 203 Å². The molecule has 0 unspecified atom stereocenters. The highest BCUT2D eigenvalue weighted by molar-refractivity contribution is 7.99. The van der Waals surface area contributed by atoms with Gasteiger partial charge in [-0.1, -0.05) is 23.4 Å². The van der Waals surface area contributed by atoms with Crippen molar-refractivity contribution in [3.8, 4) is 0 Å². The molecular formula is C25H32ClN3O3S. The first-order valence-electron chi connectivity index (χ1n) is 12.0. The first kappa shape index (κ1) is 23.2. The average Bonchev–Trinajstić information content (AvgIpc) is 2.76. The van der Waals surface area contributed by atoms with Gasteiger partial charge in [-0.2, -0.15) is 0 Å². The Morgan fingerprint density at radius 2 is 1.94 bits per heavy atom. The maximum absolute atomic E-state index is 13.1. The highest BCUT2D eigenvalue weighted by atomic mass is 35.5. The summed E-state index contributed by atoms with van der Waals surface area (Å²) in [4.78, 5) is 30.7. The molecule has 4 fully saturated rings. The van der Waals surface area contributed by atoms with Gasteiger partial charge in [-0.05, 0) is 86.8 Å². The normalized spacial score (nSPS) is 28.9. The topological polar surface area (TPSA) is 73.2 Å². The number of halogens is 1. The van der Waals surface area contributed by atoms with E-state index in [1.165, 1.54) is 50.3 Å². The van der Waals surface area contributed by atoms with Crippen molar-refractivity contribution in [3.63, 3.8) is 0 Å². The van der Waals surface area contributed by atoms with Gasteiger partial charge in [0.1, 0.15) is 0 Å². The molecule has 1 N–H and O–H groups in total. The monoisotopic (exact) mass is 489 g/mol. The molecule has 178 valence electrons. The first-order chi connectivity index (χ1) is 15.9. The van der Waals surface area contributed by atoms with Crippen molar-refractivity contribution in [2.24, 2.45) is 23.2 Å². The third kappa shape index (κ3) is 4.56. The molecule has 4 aliphatic carbocycles. The number of ether oxygens (including phenoxy) is 1. The molecule has 4 saturated carbocycles. The minimum atomic E-state index is -0.140. The van der Waals surface area contributed by atoms with E-state index in [9.17, 15) is 9.59 Å². The first-order valence-corrected chi connectivity index (χ1v) is 13.3. The number of hydrogen-bond donors (Lipinski definition) is 1. The van der Waals surface area contributed by atoms with Crippen LogP contribution in [0.1, 0.15) is 45.4 Å². The number of carbonyl (C=O) groups excluding carboxylic acids is 1. The molecule has 0 radical (unpaired) electrons. The van der Waals surface area contributed by atoms with E-state index in [0.29, 0.717) is 34.2 Å². The van der Waals surface area contributed by atoms with Crippen LogP contribution in [-0.2, 0) is 16.1 Å². The van der Waals surface area contributed by atoms with Crippen molar-refractivity contribution >= 4 is 40.2 Å². The van der Waals surface area contributed by atoms with Crippen molar-refractivity contribution < 1.29 is 9.53 Å². The zero-order valence-electron chi connectivity index (χ0n) is 19.3. The average molecular weight is 490 g/mol. The van der Waals surface area contributed by atoms with Crippen LogP contribution in [-0.4, -0.2) is 41.0 Å². The molecule has 1 amide bonds. The molecule has 4 bridgehead atoms. The summed E-state index contributed by atoms with van der Waals surface area (Å²) in [6.45, 7) is 2.97. The molecule has 0 spiro atoms. The van der Waals surface area contributed by atoms with Gasteiger partial charge in [-0.15, -0.1) is 0 Å².